The molecule has 0 saturated carbocycles. The number of hydrogen-bond acceptors (Lipinski definition) is 3. The lowest BCUT2D eigenvalue weighted by Gasteiger charge is -2.12. The van der Waals surface area contributed by atoms with E-state index in [9.17, 15) is 8.42 Å². The van der Waals surface area contributed by atoms with E-state index in [1.807, 2.05) is 31.2 Å². The van der Waals surface area contributed by atoms with Crippen LogP contribution in [0.5, 0.6) is 0 Å². The largest absolute Gasteiger partial charge is 0.313 e. The zero-order valence-corrected chi connectivity index (χ0v) is 11.5. The van der Waals surface area contributed by atoms with Crippen LogP contribution >= 0.6 is 0 Å². The zero-order valence-electron chi connectivity index (χ0n) is 10.6. The number of nitrogens with one attached hydrogen (secondary N) is 2. The highest BCUT2D eigenvalue weighted by atomic mass is 32.2. The summed E-state index contributed by atoms with van der Waals surface area (Å²) in [7, 11) is -3.23. The topological polar surface area (TPSA) is 58.2 Å². The van der Waals surface area contributed by atoms with Gasteiger partial charge in [0.25, 0.3) is 0 Å². The van der Waals surface area contributed by atoms with Gasteiger partial charge in [0.15, 0.2) is 0 Å². The van der Waals surface area contributed by atoms with Crippen LogP contribution in [0.15, 0.2) is 24.3 Å². The molecule has 1 saturated heterocycles. The summed E-state index contributed by atoms with van der Waals surface area (Å²) < 4.78 is 26.5. The highest BCUT2D eigenvalue weighted by Gasteiger charge is 2.17. The Morgan fingerprint density at radius 3 is 2.94 bits per heavy atom. The van der Waals surface area contributed by atoms with Crippen molar-refractivity contribution in [2.75, 3.05) is 13.1 Å². The second-order valence-electron chi connectivity index (χ2n) is 4.89. The van der Waals surface area contributed by atoms with E-state index in [4.69, 9.17) is 0 Å². The molecule has 0 radical (unpaired) electrons. The Morgan fingerprint density at radius 1 is 1.44 bits per heavy atom. The van der Waals surface area contributed by atoms with Crippen molar-refractivity contribution in [2.45, 2.75) is 31.6 Å². The van der Waals surface area contributed by atoms with E-state index in [0.29, 0.717) is 6.54 Å². The van der Waals surface area contributed by atoms with Crippen molar-refractivity contribution in [3.05, 3.63) is 35.4 Å². The first-order valence-corrected chi connectivity index (χ1v) is 7.97. The van der Waals surface area contributed by atoms with Gasteiger partial charge >= 0.3 is 0 Å². The lowest BCUT2D eigenvalue weighted by atomic mass is 10.2. The molecule has 18 heavy (non-hydrogen) atoms. The van der Waals surface area contributed by atoms with Crippen LogP contribution in [0.3, 0.4) is 0 Å². The summed E-state index contributed by atoms with van der Waals surface area (Å²) in [6.45, 7) is 3.45. The van der Waals surface area contributed by atoms with Gasteiger partial charge in [-0.3, -0.25) is 0 Å². The average Bonchev–Trinajstić information content (AvgIpc) is 2.78. The summed E-state index contributed by atoms with van der Waals surface area (Å²) in [5.41, 5.74) is 1.92. The normalized spacial score (nSPS) is 20.2. The van der Waals surface area contributed by atoms with Gasteiger partial charge < -0.3 is 5.32 Å². The van der Waals surface area contributed by atoms with Gasteiger partial charge in [-0.05, 0) is 31.9 Å². The van der Waals surface area contributed by atoms with Crippen LogP contribution < -0.4 is 10.0 Å². The minimum absolute atomic E-state index is 0.0569. The lowest BCUT2D eigenvalue weighted by Crippen LogP contribution is -2.37. The molecule has 100 valence electrons. The fourth-order valence-electron chi connectivity index (χ4n) is 2.23. The Bertz CT molecular complexity index is 493. The van der Waals surface area contributed by atoms with E-state index >= 15 is 0 Å². The molecule has 0 aromatic heterocycles. The lowest BCUT2D eigenvalue weighted by molar-refractivity contribution is 0.551. The van der Waals surface area contributed by atoms with Crippen LogP contribution in [0.25, 0.3) is 0 Å². The third kappa shape index (κ3) is 4.08. The van der Waals surface area contributed by atoms with Crippen molar-refractivity contribution in [3.63, 3.8) is 0 Å². The monoisotopic (exact) mass is 268 g/mol. The zero-order chi connectivity index (χ0) is 13.0. The molecule has 4 nitrogen and oxygen atoms in total. The minimum atomic E-state index is -3.23. The van der Waals surface area contributed by atoms with E-state index in [1.54, 1.807) is 0 Å². The molecule has 0 bridgehead atoms. The van der Waals surface area contributed by atoms with Crippen LogP contribution in [0, 0.1) is 6.92 Å². The Balaban J connectivity index is 1.90. The van der Waals surface area contributed by atoms with Crippen molar-refractivity contribution in [3.8, 4) is 0 Å². The minimum Gasteiger partial charge on any atom is -0.313 e. The molecule has 1 fully saturated rings. The Morgan fingerprint density at radius 2 is 2.28 bits per heavy atom. The third-order valence-electron chi connectivity index (χ3n) is 3.15. The van der Waals surface area contributed by atoms with Crippen LogP contribution in [0.1, 0.15) is 24.0 Å². The molecule has 0 unspecified atom stereocenters. The summed E-state index contributed by atoms with van der Waals surface area (Å²) in [5.74, 6) is 0.0569. The molecule has 1 atom stereocenters. The number of aryl methyl sites for hydroxylation is 1. The second kappa shape index (κ2) is 5.82. The van der Waals surface area contributed by atoms with Gasteiger partial charge in [0.05, 0.1) is 5.75 Å². The molecular formula is C13H20N2O2S. The SMILES string of the molecule is Cc1cccc(CS(=O)(=O)NC[C@H]2CCCN2)c1. The number of hydrogen-bond donors (Lipinski definition) is 2. The van der Waals surface area contributed by atoms with E-state index in [-0.39, 0.29) is 11.8 Å². The summed E-state index contributed by atoms with van der Waals surface area (Å²) in [6, 6.07) is 7.90. The fourth-order valence-corrected chi connectivity index (χ4v) is 3.41. The van der Waals surface area contributed by atoms with E-state index < -0.39 is 10.0 Å². The molecule has 1 heterocycles. The van der Waals surface area contributed by atoms with Gasteiger partial charge in [0, 0.05) is 12.6 Å². The molecule has 1 aliphatic heterocycles. The van der Waals surface area contributed by atoms with Crippen LogP contribution in [-0.4, -0.2) is 27.5 Å². The summed E-state index contributed by atoms with van der Waals surface area (Å²) in [5, 5.41) is 3.28. The van der Waals surface area contributed by atoms with Gasteiger partial charge in [-0.2, -0.15) is 0 Å². The second-order valence-corrected chi connectivity index (χ2v) is 6.70. The van der Waals surface area contributed by atoms with Crippen molar-refractivity contribution < 1.29 is 8.42 Å². The van der Waals surface area contributed by atoms with Crippen LogP contribution in [0.2, 0.25) is 0 Å². The Labute approximate surface area is 109 Å². The molecule has 2 rings (SSSR count). The van der Waals surface area contributed by atoms with Gasteiger partial charge in [-0.1, -0.05) is 29.8 Å². The molecule has 5 heteroatoms. The molecule has 1 aromatic carbocycles. The molecule has 1 aromatic rings. The van der Waals surface area contributed by atoms with Gasteiger partial charge in [0.2, 0.25) is 10.0 Å². The Kier molecular flexibility index (Phi) is 4.37. The van der Waals surface area contributed by atoms with Crippen molar-refractivity contribution in [2.24, 2.45) is 0 Å². The predicted molar refractivity (Wildman–Crippen MR) is 72.8 cm³/mol. The number of rotatable bonds is 5. The van der Waals surface area contributed by atoms with E-state index in [2.05, 4.69) is 10.0 Å². The molecule has 1 aliphatic rings. The quantitative estimate of drug-likeness (QED) is 0.842. The van der Waals surface area contributed by atoms with Gasteiger partial charge in [0.1, 0.15) is 0 Å². The molecule has 0 amide bonds. The average molecular weight is 268 g/mol. The summed E-state index contributed by atoms with van der Waals surface area (Å²) >= 11 is 0. The number of benzene rings is 1. The smallest absolute Gasteiger partial charge is 0.215 e. The molecular weight excluding hydrogens is 248 g/mol. The standard InChI is InChI=1S/C13H20N2O2S/c1-11-4-2-5-12(8-11)10-18(16,17)15-9-13-6-3-7-14-13/h2,4-5,8,13-15H,3,6-7,9-10H2,1H3/t13-/m1/s1. The first-order valence-electron chi connectivity index (χ1n) is 6.31. The maximum Gasteiger partial charge on any atom is 0.215 e. The number of sulfonamides is 1. The van der Waals surface area contributed by atoms with Crippen molar-refractivity contribution in [1.82, 2.24) is 10.0 Å². The maximum absolute atomic E-state index is 11.9. The highest BCUT2D eigenvalue weighted by molar-refractivity contribution is 7.88. The van der Waals surface area contributed by atoms with Crippen molar-refractivity contribution >= 4 is 10.0 Å². The first kappa shape index (κ1) is 13.5. The van der Waals surface area contributed by atoms with Crippen molar-refractivity contribution in [1.29, 1.82) is 0 Å². The highest BCUT2D eigenvalue weighted by Crippen LogP contribution is 2.09. The molecule has 0 aliphatic carbocycles. The molecule has 0 spiro atoms. The summed E-state index contributed by atoms with van der Waals surface area (Å²) in [6.07, 6.45) is 2.18. The van der Waals surface area contributed by atoms with Gasteiger partial charge in [-0.25, -0.2) is 13.1 Å². The van der Waals surface area contributed by atoms with E-state index in [1.165, 1.54) is 0 Å². The maximum atomic E-state index is 11.9. The Hall–Kier alpha value is -0.910. The summed E-state index contributed by atoms with van der Waals surface area (Å²) in [4.78, 5) is 0. The van der Waals surface area contributed by atoms with Crippen LogP contribution in [-0.2, 0) is 15.8 Å². The van der Waals surface area contributed by atoms with Crippen LogP contribution in [0.4, 0.5) is 0 Å². The third-order valence-corrected chi connectivity index (χ3v) is 4.47. The molecule has 2 N–H and O–H groups in total. The fraction of sp³-hybridized carbons (Fsp3) is 0.538. The van der Waals surface area contributed by atoms with Gasteiger partial charge in [-0.15, -0.1) is 0 Å². The predicted octanol–water partition coefficient (Wildman–Crippen LogP) is 1.17. The first-order chi connectivity index (χ1) is 8.55. The van der Waals surface area contributed by atoms with E-state index in [0.717, 1.165) is 30.5 Å².